The first-order valence-electron chi connectivity index (χ1n) is 3.69. The van der Waals surface area contributed by atoms with E-state index in [9.17, 15) is 5.11 Å². The summed E-state index contributed by atoms with van der Waals surface area (Å²) in [6.45, 7) is 8.73. The van der Waals surface area contributed by atoms with Gasteiger partial charge in [-0.1, -0.05) is 18.2 Å². The molecular weight excluding hydrogens is 206 g/mol. The van der Waals surface area contributed by atoms with Crippen LogP contribution in [0.1, 0.15) is 22.8 Å². The predicted octanol–water partition coefficient (Wildman–Crippen LogP) is 3.34. The van der Waals surface area contributed by atoms with E-state index in [-0.39, 0.29) is 0 Å². The first-order chi connectivity index (χ1) is 6.06. The highest BCUT2D eigenvalue weighted by atomic mass is 35.5. The molecular formula is C9H10ClNOS. The Bertz CT molecular complexity index is 343. The zero-order chi connectivity index (χ0) is 10.0. The van der Waals surface area contributed by atoms with Gasteiger partial charge in [-0.2, -0.15) is 0 Å². The third kappa shape index (κ3) is 2.18. The number of hydrogen-bond donors (Lipinski definition) is 1. The quantitative estimate of drug-likeness (QED) is 0.771. The Labute approximate surface area is 86.2 Å². The van der Waals surface area contributed by atoms with Crippen LogP contribution in [0, 0.1) is 0 Å². The van der Waals surface area contributed by atoms with E-state index in [4.69, 9.17) is 11.6 Å². The highest BCUT2D eigenvalue weighted by Crippen LogP contribution is 2.38. The second-order valence-electron chi connectivity index (χ2n) is 2.60. The van der Waals surface area contributed by atoms with Crippen LogP contribution in [0.5, 0.6) is 0 Å². The number of hydrogen-bond acceptors (Lipinski definition) is 3. The van der Waals surface area contributed by atoms with E-state index in [2.05, 4.69) is 18.3 Å². The molecule has 0 spiro atoms. The predicted molar refractivity (Wildman–Crippen MR) is 59.0 cm³/mol. The van der Waals surface area contributed by atoms with E-state index in [0.717, 1.165) is 9.75 Å². The van der Waals surface area contributed by atoms with Crippen molar-refractivity contribution in [3.05, 3.63) is 22.4 Å². The van der Waals surface area contributed by atoms with E-state index in [1.165, 1.54) is 11.3 Å². The van der Waals surface area contributed by atoms with Gasteiger partial charge in [0.2, 0.25) is 0 Å². The number of thiophene rings is 1. The largest absolute Gasteiger partial charge is 0.388 e. The van der Waals surface area contributed by atoms with Gasteiger partial charge in [0.1, 0.15) is 0 Å². The normalized spacial score (nSPS) is 12.5. The average Bonchev–Trinajstić information content (AvgIpc) is 2.47. The molecule has 0 bridgehead atoms. The van der Waals surface area contributed by atoms with Gasteiger partial charge in [0, 0.05) is 4.88 Å². The molecule has 0 aromatic carbocycles. The second-order valence-corrected chi connectivity index (χ2v) is 4.14. The molecule has 1 unspecified atom stereocenters. The number of rotatable bonds is 3. The monoisotopic (exact) mass is 215 g/mol. The van der Waals surface area contributed by atoms with Crippen molar-refractivity contribution in [3.63, 3.8) is 0 Å². The lowest BCUT2D eigenvalue weighted by Crippen LogP contribution is -1.83. The molecule has 1 heterocycles. The maximum absolute atomic E-state index is 9.31. The molecule has 2 nitrogen and oxygen atoms in total. The number of aliphatic hydroxyl groups excluding tert-OH is 1. The van der Waals surface area contributed by atoms with Crippen molar-refractivity contribution >= 4 is 40.4 Å². The molecule has 70 valence electrons. The van der Waals surface area contributed by atoms with Crippen molar-refractivity contribution in [2.45, 2.75) is 13.0 Å². The number of halogens is 1. The Kier molecular flexibility index (Phi) is 3.25. The fourth-order valence-corrected chi connectivity index (χ4v) is 2.05. The van der Waals surface area contributed by atoms with Gasteiger partial charge >= 0.3 is 0 Å². The van der Waals surface area contributed by atoms with Crippen molar-refractivity contribution in [2.75, 3.05) is 0 Å². The molecule has 1 N–H and O–H groups in total. The maximum atomic E-state index is 9.31. The number of nitrogens with zero attached hydrogens (tertiary/aromatic N) is 1. The van der Waals surface area contributed by atoms with Gasteiger partial charge < -0.3 is 5.11 Å². The van der Waals surface area contributed by atoms with Gasteiger partial charge in [0.15, 0.2) is 0 Å². The van der Waals surface area contributed by atoms with Crippen molar-refractivity contribution in [1.82, 2.24) is 0 Å². The average molecular weight is 216 g/mol. The van der Waals surface area contributed by atoms with Gasteiger partial charge in [-0.25, -0.2) is 0 Å². The summed E-state index contributed by atoms with van der Waals surface area (Å²) in [6, 6.07) is 1.77. The molecule has 1 atom stereocenters. The summed E-state index contributed by atoms with van der Waals surface area (Å²) in [5.74, 6) is 0. The van der Waals surface area contributed by atoms with Gasteiger partial charge in [0.05, 0.1) is 21.7 Å². The Hall–Kier alpha value is -0.640. The molecule has 1 aromatic rings. The highest BCUT2D eigenvalue weighted by Gasteiger charge is 2.12. The van der Waals surface area contributed by atoms with Crippen LogP contribution in [0.15, 0.2) is 17.6 Å². The van der Waals surface area contributed by atoms with Crippen LogP contribution in [-0.4, -0.2) is 11.8 Å². The Balaban J connectivity index is 3.19. The van der Waals surface area contributed by atoms with E-state index >= 15 is 0 Å². The molecule has 0 saturated carbocycles. The molecule has 0 aliphatic rings. The van der Waals surface area contributed by atoms with E-state index in [0.29, 0.717) is 10.7 Å². The first kappa shape index (κ1) is 10.4. The summed E-state index contributed by atoms with van der Waals surface area (Å²) in [4.78, 5) is 5.39. The summed E-state index contributed by atoms with van der Waals surface area (Å²) in [7, 11) is 0. The lowest BCUT2D eigenvalue weighted by atomic mass is 10.3. The summed E-state index contributed by atoms with van der Waals surface area (Å²) >= 11 is 7.14. The van der Waals surface area contributed by atoms with Crippen molar-refractivity contribution in [3.8, 4) is 0 Å². The lowest BCUT2D eigenvalue weighted by Gasteiger charge is -1.96. The van der Waals surface area contributed by atoms with Crippen LogP contribution in [0.25, 0.3) is 5.03 Å². The van der Waals surface area contributed by atoms with Gasteiger partial charge in [-0.3, -0.25) is 4.99 Å². The maximum Gasteiger partial charge on any atom is 0.0854 e. The molecule has 1 aromatic heterocycles. The first-order valence-corrected chi connectivity index (χ1v) is 4.89. The van der Waals surface area contributed by atoms with Gasteiger partial charge in [-0.05, 0) is 19.7 Å². The van der Waals surface area contributed by atoms with Crippen LogP contribution in [-0.2, 0) is 0 Å². The van der Waals surface area contributed by atoms with Gasteiger partial charge in [-0.15, -0.1) is 11.3 Å². The van der Waals surface area contributed by atoms with E-state index in [1.807, 2.05) is 0 Å². The number of aliphatic imine (C=N–C) groups is 1. The van der Waals surface area contributed by atoms with Crippen molar-refractivity contribution in [2.24, 2.45) is 4.99 Å². The van der Waals surface area contributed by atoms with Crippen LogP contribution < -0.4 is 0 Å². The summed E-state index contributed by atoms with van der Waals surface area (Å²) in [5, 5.41) is 9.74. The molecule has 0 aliphatic heterocycles. The minimum absolute atomic E-state index is 0.430. The third-order valence-corrected chi connectivity index (χ3v) is 3.22. The van der Waals surface area contributed by atoms with Crippen molar-refractivity contribution in [1.29, 1.82) is 0 Å². The molecule has 0 amide bonds. The molecule has 0 radical (unpaired) electrons. The number of aliphatic hydroxyl groups is 1. The molecule has 13 heavy (non-hydrogen) atoms. The Morgan fingerprint density at radius 3 is 2.69 bits per heavy atom. The fraction of sp³-hybridized carbons (Fsp3) is 0.222. The van der Waals surface area contributed by atoms with Crippen molar-refractivity contribution < 1.29 is 5.11 Å². The zero-order valence-corrected chi connectivity index (χ0v) is 8.82. The summed E-state index contributed by atoms with van der Waals surface area (Å²) < 4.78 is 0. The topological polar surface area (TPSA) is 32.6 Å². The second kappa shape index (κ2) is 4.05. The van der Waals surface area contributed by atoms with Crippen LogP contribution in [0.2, 0.25) is 0 Å². The Morgan fingerprint density at radius 1 is 1.77 bits per heavy atom. The van der Waals surface area contributed by atoms with Crippen LogP contribution in [0.4, 0.5) is 5.69 Å². The fourth-order valence-electron chi connectivity index (χ4n) is 0.918. The van der Waals surface area contributed by atoms with E-state index < -0.39 is 6.10 Å². The standard InChI is InChI=1S/C9H10ClNOS/c1-5(10)9-7(11-3)4-8(13-9)6(2)12/h4,6,12H,1,3H2,2H3. The molecule has 0 saturated heterocycles. The van der Waals surface area contributed by atoms with Crippen LogP contribution in [0.3, 0.4) is 0 Å². The molecule has 1 rings (SSSR count). The Morgan fingerprint density at radius 2 is 2.38 bits per heavy atom. The van der Waals surface area contributed by atoms with Gasteiger partial charge in [0.25, 0.3) is 0 Å². The zero-order valence-electron chi connectivity index (χ0n) is 7.25. The third-order valence-electron chi connectivity index (χ3n) is 1.56. The van der Waals surface area contributed by atoms with Crippen LogP contribution >= 0.6 is 22.9 Å². The smallest absolute Gasteiger partial charge is 0.0854 e. The summed E-state index contributed by atoms with van der Waals surface area (Å²) in [5.41, 5.74) is 0.681. The molecule has 4 heteroatoms. The SMILES string of the molecule is C=Nc1cc(C(C)O)sc1C(=C)Cl. The minimum atomic E-state index is -0.504. The lowest BCUT2D eigenvalue weighted by molar-refractivity contribution is 0.203. The molecule has 0 aliphatic carbocycles. The molecule has 0 fully saturated rings. The summed E-state index contributed by atoms with van der Waals surface area (Å²) in [6.07, 6.45) is -0.504. The highest BCUT2D eigenvalue weighted by molar-refractivity contribution is 7.14. The minimum Gasteiger partial charge on any atom is -0.388 e. The van der Waals surface area contributed by atoms with E-state index in [1.54, 1.807) is 13.0 Å².